The number of hydrogen-bond donors (Lipinski definition) is 1. The van der Waals surface area contributed by atoms with Gasteiger partial charge < -0.3 is 5.32 Å². The van der Waals surface area contributed by atoms with Gasteiger partial charge in [-0.15, -0.1) is 0 Å². The molecule has 1 rings (SSSR count). The number of halogens is 1. The van der Waals surface area contributed by atoms with Crippen molar-refractivity contribution >= 4 is 11.6 Å². The predicted octanol–water partition coefficient (Wildman–Crippen LogP) is 3.73. The highest BCUT2D eigenvalue weighted by atomic mass is 35.5. The van der Waals surface area contributed by atoms with Crippen molar-refractivity contribution in [2.75, 3.05) is 7.05 Å². The Morgan fingerprint density at radius 2 is 1.84 bits per heavy atom. The lowest BCUT2D eigenvalue weighted by molar-refractivity contribution is 0.319. The number of rotatable bonds is 8. The Balaban J connectivity index is 2.84. The number of likely N-dealkylation sites (N-methyl/N-ethyl adjacent to an activating group) is 1. The van der Waals surface area contributed by atoms with Crippen LogP contribution in [0.1, 0.15) is 50.9 Å². The van der Waals surface area contributed by atoms with E-state index in [0.717, 1.165) is 22.8 Å². The summed E-state index contributed by atoms with van der Waals surface area (Å²) in [6, 6.07) is 0.479. The summed E-state index contributed by atoms with van der Waals surface area (Å²) in [5.41, 5.74) is 2.08. The van der Waals surface area contributed by atoms with Gasteiger partial charge in [0.15, 0.2) is 0 Å². The van der Waals surface area contributed by atoms with Crippen molar-refractivity contribution in [2.45, 2.75) is 58.9 Å². The molecule has 1 aromatic heterocycles. The molecule has 1 aromatic rings. The average Bonchev–Trinajstić information content (AvgIpc) is 2.61. The van der Waals surface area contributed by atoms with Gasteiger partial charge in [-0.1, -0.05) is 38.3 Å². The number of hydrogen-bond acceptors (Lipinski definition) is 2. The fourth-order valence-electron chi connectivity index (χ4n) is 2.90. The highest BCUT2D eigenvalue weighted by Crippen LogP contribution is 2.25. The van der Waals surface area contributed by atoms with Crippen molar-refractivity contribution < 1.29 is 0 Å². The minimum Gasteiger partial charge on any atom is -0.316 e. The Morgan fingerprint density at radius 1 is 1.26 bits per heavy atom. The van der Waals surface area contributed by atoms with Gasteiger partial charge >= 0.3 is 0 Å². The molecule has 0 spiro atoms. The predicted molar refractivity (Wildman–Crippen MR) is 82.8 cm³/mol. The SMILES string of the molecule is CCCC(CCC)C(Cc1c(Cl)c(C)nn1C)NC. The van der Waals surface area contributed by atoms with Crippen LogP contribution in [0.5, 0.6) is 0 Å². The largest absolute Gasteiger partial charge is 0.316 e. The standard InChI is InChI=1S/C15H28ClN3/c1-6-8-12(9-7-2)13(17-4)10-14-15(16)11(3)18-19(14)5/h12-13,17H,6-10H2,1-5H3. The van der Waals surface area contributed by atoms with Crippen molar-refractivity contribution in [1.29, 1.82) is 0 Å². The second-order valence-corrected chi connectivity index (χ2v) is 5.78. The number of aromatic nitrogens is 2. The van der Waals surface area contributed by atoms with E-state index in [9.17, 15) is 0 Å². The molecule has 0 saturated carbocycles. The highest BCUT2D eigenvalue weighted by molar-refractivity contribution is 6.31. The Labute approximate surface area is 122 Å². The Hall–Kier alpha value is -0.540. The monoisotopic (exact) mass is 285 g/mol. The van der Waals surface area contributed by atoms with E-state index in [0.29, 0.717) is 12.0 Å². The highest BCUT2D eigenvalue weighted by Gasteiger charge is 2.22. The van der Waals surface area contributed by atoms with Crippen molar-refractivity contribution in [2.24, 2.45) is 13.0 Å². The van der Waals surface area contributed by atoms with Crippen LogP contribution in [0, 0.1) is 12.8 Å². The average molecular weight is 286 g/mol. The van der Waals surface area contributed by atoms with Crippen LogP contribution in [0.3, 0.4) is 0 Å². The van der Waals surface area contributed by atoms with Gasteiger partial charge in [-0.3, -0.25) is 4.68 Å². The van der Waals surface area contributed by atoms with Crippen LogP contribution in [0.2, 0.25) is 5.02 Å². The van der Waals surface area contributed by atoms with Crippen LogP contribution in [0.25, 0.3) is 0 Å². The quantitative estimate of drug-likeness (QED) is 0.789. The first-order chi connectivity index (χ1) is 9.04. The lowest BCUT2D eigenvalue weighted by atomic mass is 9.88. The molecule has 0 radical (unpaired) electrons. The van der Waals surface area contributed by atoms with Gasteiger partial charge in [0.25, 0.3) is 0 Å². The number of nitrogens with one attached hydrogen (secondary N) is 1. The van der Waals surface area contributed by atoms with Crippen LogP contribution < -0.4 is 5.32 Å². The van der Waals surface area contributed by atoms with E-state index in [1.165, 1.54) is 25.7 Å². The molecule has 0 aliphatic heterocycles. The van der Waals surface area contributed by atoms with E-state index in [4.69, 9.17) is 11.6 Å². The molecule has 1 heterocycles. The van der Waals surface area contributed by atoms with Gasteiger partial charge in [0, 0.05) is 19.5 Å². The van der Waals surface area contributed by atoms with E-state index >= 15 is 0 Å². The zero-order valence-electron chi connectivity index (χ0n) is 13.0. The molecular formula is C15H28ClN3. The first-order valence-corrected chi connectivity index (χ1v) is 7.78. The van der Waals surface area contributed by atoms with Gasteiger partial charge in [0.2, 0.25) is 0 Å². The summed E-state index contributed by atoms with van der Waals surface area (Å²) >= 11 is 6.36. The maximum Gasteiger partial charge on any atom is 0.0847 e. The molecule has 19 heavy (non-hydrogen) atoms. The minimum absolute atomic E-state index is 0.479. The summed E-state index contributed by atoms with van der Waals surface area (Å²) in [5, 5.41) is 8.72. The van der Waals surface area contributed by atoms with Gasteiger partial charge in [-0.2, -0.15) is 5.10 Å². The van der Waals surface area contributed by atoms with Crippen LogP contribution in [-0.4, -0.2) is 22.9 Å². The lowest BCUT2D eigenvalue weighted by Gasteiger charge is -2.26. The molecule has 1 unspecified atom stereocenters. The third kappa shape index (κ3) is 4.22. The van der Waals surface area contributed by atoms with Gasteiger partial charge in [-0.25, -0.2) is 0 Å². The smallest absolute Gasteiger partial charge is 0.0847 e. The molecule has 0 aliphatic rings. The maximum absolute atomic E-state index is 6.36. The molecule has 1 N–H and O–H groups in total. The Morgan fingerprint density at radius 3 is 2.21 bits per heavy atom. The summed E-state index contributed by atoms with van der Waals surface area (Å²) in [7, 11) is 4.04. The third-order valence-electron chi connectivity index (χ3n) is 3.93. The zero-order valence-corrected chi connectivity index (χ0v) is 13.7. The van der Waals surface area contributed by atoms with Crippen LogP contribution in [-0.2, 0) is 13.5 Å². The third-order valence-corrected chi connectivity index (χ3v) is 4.43. The van der Waals surface area contributed by atoms with E-state index in [-0.39, 0.29) is 0 Å². The number of aryl methyl sites for hydroxylation is 2. The normalized spacial score (nSPS) is 13.2. The van der Waals surface area contributed by atoms with E-state index in [1.807, 2.05) is 18.7 Å². The summed E-state index contributed by atoms with van der Waals surface area (Å²) in [4.78, 5) is 0. The number of nitrogens with zero attached hydrogens (tertiary/aromatic N) is 2. The van der Waals surface area contributed by atoms with E-state index in [1.54, 1.807) is 0 Å². The summed E-state index contributed by atoms with van der Waals surface area (Å²) < 4.78 is 1.93. The van der Waals surface area contributed by atoms with Crippen molar-refractivity contribution in [3.63, 3.8) is 0 Å². The maximum atomic E-state index is 6.36. The topological polar surface area (TPSA) is 29.9 Å². The summed E-state index contributed by atoms with van der Waals surface area (Å²) in [6.45, 7) is 6.49. The van der Waals surface area contributed by atoms with Crippen LogP contribution in [0.4, 0.5) is 0 Å². The Bertz CT molecular complexity index is 381. The van der Waals surface area contributed by atoms with E-state index < -0.39 is 0 Å². The zero-order chi connectivity index (χ0) is 14.4. The van der Waals surface area contributed by atoms with Crippen LogP contribution >= 0.6 is 11.6 Å². The summed E-state index contributed by atoms with van der Waals surface area (Å²) in [5.74, 6) is 0.714. The minimum atomic E-state index is 0.479. The van der Waals surface area contributed by atoms with Crippen molar-refractivity contribution in [1.82, 2.24) is 15.1 Å². The first-order valence-electron chi connectivity index (χ1n) is 7.40. The summed E-state index contributed by atoms with van der Waals surface area (Å²) in [6.07, 6.45) is 5.97. The van der Waals surface area contributed by atoms with Gasteiger partial charge in [0.05, 0.1) is 16.4 Å². The molecule has 110 valence electrons. The second kappa shape index (κ2) is 7.91. The van der Waals surface area contributed by atoms with E-state index in [2.05, 4.69) is 31.3 Å². The fourth-order valence-corrected chi connectivity index (χ4v) is 3.14. The molecule has 0 aromatic carbocycles. The molecule has 3 nitrogen and oxygen atoms in total. The molecule has 0 aliphatic carbocycles. The molecule has 1 atom stereocenters. The van der Waals surface area contributed by atoms with Gasteiger partial charge in [-0.05, 0) is 32.7 Å². The molecule has 4 heteroatoms. The van der Waals surface area contributed by atoms with Crippen molar-refractivity contribution in [3.8, 4) is 0 Å². The molecule has 0 fully saturated rings. The molecular weight excluding hydrogens is 258 g/mol. The fraction of sp³-hybridized carbons (Fsp3) is 0.800. The van der Waals surface area contributed by atoms with Crippen molar-refractivity contribution in [3.05, 3.63) is 16.4 Å². The first kappa shape index (κ1) is 16.5. The van der Waals surface area contributed by atoms with Gasteiger partial charge in [0.1, 0.15) is 0 Å². The van der Waals surface area contributed by atoms with Crippen LogP contribution in [0.15, 0.2) is 0 Å². The lowest BCUT2D eigenvalue weighted by Crippen LogP contribution is -2.36. The Kier molecular flexibility index (Phi) is 6.87. The molecule has 0 saturated heterocycles. The molecule has 0 amide bonds. The second-order valence-electron chi connectivity index (χ2n) is 5.41. The molecule has 0 bridgehead atoms.